The van der Waals surface area contributed by atoms with Crippen molar-refractivity contribution in [3.05, 3.63) is 40.4 Å². The number of anilines is 1. The maximum absolute atomic E-state index is 13.0. The minimum Gasteiger partial charge on any atom is -0.398 e. The molecule has 2 aromatic rings. The van der Waals surface area contributed by atoms with Crippen molar-refractivity contribution in [1.29, 1.82) is 0 Å². The highest BCUT2D eigenvalue weighted by Gasteiger charge is 2.32. The summed E-state index contributed by atoms with van der Waals surface area (Å²) in [7, 11) is -7.76. The average Bonchev–Trinajstić information content (AvgIpc) is 2.84. The summed E-state index contributed by atoms with van der Waals surface area (Å²) in [6, 6.07) is 4.94. The molecule has 0 atom stereocenters. The molecule has 14 N–H and O–H groups in total. The van der Waals surface area contributed by atoms with E-state index in [4.69, 9.17) is 39.8 Å². The van der Waals surface area contributed by atoms with Crippen LogP contribution in [0.3, 0.4) is 0 Å². The topological polar surface area (TPSA) is 276 Å². The second-order valence-electron chi connectivity index (χ2n) is 7.36. The van der Waals surface area contributed by atoms with E-state index in [0.29, 0.717) is 0 Å². The van der Waals surface area contributed by atoms with Gasteiger partial charge >= 0.3 is 0 Å². The number of nitrogens with zero attached hydrogens (tertiary/aromatic N) is 1. The highest BCUT2D eigenvalue weighted by atomic mass is 35.5. The Morgan fingerprint density at radius 1 is 1.05 bits per heavy atom. The summed E-state index contributed by atoms with van der Waals surface area (Å²) in [5.41, 5.74) is 21.8. The highest BCUT2D eigenvalue weighted by molar-refractivity contribution is 7.92. The number of amidine groups is 1. The predicted octanol–water partition coefficient (Wildman–Crippen LogP) is -2.49. The molecule has 1 amide bonds. The first kappa shape index (κ1) is 30.2. The fourth-order valence-electron chi connectivity index (χ4n) is 3.38. The largest absolute Gasteiger partial charge is 0.398 e. The summed E-state index contributed by atoms with van der Waals surface area (Å²) < 4.78 is 53.8. The number of hydrazone groups is 1. The van der Waals surface area contributed by atoms with Gasteiger partial charge < -0.3 is 33.8 Å². The zero-order chi connectivity index (χ0) is 28.0. The molecule has 0 bridgehead atoms. The van der Waals surface area contributed by atoms with Crippen LogP contribution in [0.1, 0.15) is 15.9 Å². The molecule has 15 nitrogen and oxygen atoms in total. The number of rotatable bonds is 11. The van der Waals surface area contributed by atoms with Crippen molar-refractivity contribution in [3.8, 4) is 11.1 Å². The first-order chi connectivity index (χ1) is 17.3. The first-order valence-electron chi connectivity index (χ1n) is 10.5. The van der Waals surface area contributed by atoms with Crippen LogP contribution >= 0.6 is 11.6 Å². The van der Waals surface area contributed by atoms with Gasteiger partial charge in [-0.3, -0.25) is 4.79 Å². The number of nitrogen functional groups attached to an aromatic ring is 1. The number of amides is 1. The monoisotopic (exact) mass is 576 g/mol. The minimum absolute atomic E-state index is 0.00150. The Morgan fingerprint density at radius 2 is 1.70 bits per heavy atom. The zero-order valence-corrected chi connectivity index (χ0v) is 22.1. The summed E-state index contributed by atoms with van der Waals surface area (Å²) in [6.07, 6.45) is 0. The van der Waals surface area contributed by atoms with Crippen molar-refractivity contribution in [3.63, 3.8) is 0 Å². The molecule has 0 saturated heterocycles. The standard InChI is InChI=1S/C19H29ClN10O5S2/c1-26-30-18(29-24)15-11(12-8-10(20)9-13(16(12)23)19(31)27-6-4-21)2-3-14(17(15)36(25,32)33)37(34,35)28-7-5-22/h2-3,8-9,26,28H,4-7,21-24H2,1H3,(H,27,31)(H,29,30)(H2,25,32,33). The van der Waals surface area contributed by atoms with Gasteiger partial charge in [-0.15, -0.1) is 0 Å². The maximum atomic E-state index is 13.0. The van der Waals surface area contributed by atoms with E-state index in [2.05, 4.69) is 26.0 Å². The van der Waals surface area contributed by atoms with Crippen LogP contribution in [-0.4, -0.2) is 61.8 Å². The Morgan fingerprint density at radius 3 is 2.24 bits per heavy atom. The second kappa shape index (κ2) is 12.5. The van der Waals surface area contributed by atoms with Gasteiger partial charge in [-0.2, -0.15) is 5.10 Å². The van der Waals surface area contributed by atoms with Crippen molar-refractivity contribution in [1.82, 2.24) is 20.9 Å². The predicted molar refractivity (Wildman–Crippen MR) is 141 cm³/mol. The number of nitrogens with two attached hydrogens (primary N) is 5. The Balaban J connectivity index is 3.06. The zero-order valence-electron chi connectivity index (χ0n) is 19.7. The van der Waals surface area contributed by atoms with E-state index >= 15 is 0 Å². The molecule has 0 aliphatic rings. The molecule has 18 heteroatoms. The van der Waals surface area contributed by atoms with Gasteiger partial charge in [0.15, 0.2) is 5.84 Å². The molecule has 0 aliphatic heterocycles. The quantitative estimate of drug-likeness (QED) is 0.0443. The number of halogens is 1. The third-order valence-corrected chi connectivity index (χ3v) is 7.69. The van der Waals surface area contributed by atoms with Gasteiger partial charge in [-0.1, -0.05) is 17.7 Å². The number of hydrazine groups is 1. The number of benzene rings is 2. The van der Waals surface area contributed by atoms with Crippen molar-refractivity contribution in [2.75, 3.05) is 39.0 Å². The summed E-state index contributed by atoms with van der Waals surface area (Å²) in [6.45, 7) is 0.0821. The number of carbonyl (C=O) groups excluding carboxylic acids is 1. The van der Waals surface area contributed by atoms with E-state index in [1.807, 2.05) is 0 Å². The number of carbonyl (C=O) groups is 1. The molecule has 0 aliphatic carbocycles. The lowest BCUT2D eigenvalue weighted by Gasteiger charge is -2.21. The van der Waals surface area contributed by atoms with E-state index in [9.17, 15) is 21.6 Å². The van der Waals surface area contributed by atoms with Crippen molar-refractivity contribution in [2.45, 2.75) is 9.79 Å². The van der Waals surface area contributed by atoms with E-state index in [-0.39, 0.29) is 65.0 Å². The molecule has 2 rings (SSSR count). The average molecular weight is 577 g/mol. The number of hydrogen-bond acceptors (Lipinski definition) is 11. The van der Waals surface area contributed by atoms with Crippen molar-refractivity contribution < 1.29 is 21.6 Å². The number of hydrogen-bond donors (Lipinski definition) is 9. The summed E-state index contributed by atoms with van der Waals surface area (Å²) >= 11 is 6.26. The van der Waals surface area contributed by atoms with Crippen LogP contribution in [0.25, 0.3) is 11.1 Å². The minimum atomic E-state index is -4.76. The van der Waals surface area contributed by atoms with Crippen molar-refractivity contribution >= 4 is 49.1 Å². The molecule has 0 saturated carbocycles. The smallest absolute Gasteiger partial charge is 0.253 e. The van der Waals surface area contributed by atoms with Crippen LogP contribution < -0.4 is 49.1 Å². The molecule has 0 radical (unpaired) electrons. The molecule has 0 spiro atoms. The molecule has 0 heterocycles. The van der Waals surface area contributed by atoms with Gasteiger partial charge in [0, 0.05) is 49.4 Å². The lowest BCUT2D eigenvalue weighted by molar-refractivity contribution is 0.0955. The lowest BCUT2D eigenvalue weighted by Crippen LogP contribution is -2.38. The molecular formula is C19H29ClN10O5S2. The Kier molecular flexibility index (Phi) is 10.2. The lowest BCUT2D eigenvalue weighted by atomic mass is 9.95. The van der Waals surface area contributed by atoms with E-state index in [1.54, 1.807) is 0 Å². The number of nitrogens with one attached hydrogen (secondary N) is 4. The van der Waals surface area contributed by atoms with Crippen LogP contribution in [-0.2, 0) is 20.0 Å². The Labute approximate surface area is 219 Å². The third kappa shape index (κ3) is 6.84. The summed E-state index contributed by atoms with van der Waals surface area (Å²) in [5.74, 6) is 4.62. The number of primary sulfonamides is 1. The SMILES string of the molecule is CNN/C(=N\N)c1c(-c2cc(Cl)cc(C(=O)NCCN)c2N)ccc(S(=O)(=O)NCCN)c1S(N)(=O)=O. The van der Waals surface area contributed by atoms with Crippen LogP contribution in [0.15, 0.2) is 39.2 Å². The van der Waals surface area contributed by atoms with Crippen LogP contribution in [0.5, 0.6) is 0 Å². The molecule has 37 heavy (non-hydrogen) atoms. The van der Waals surface area contributed by atoms with Crippen LogP contribution in [0.2, 0.25) is 5.02 Å². The fourth-order valence-corrected chi connectivity index (χ4v) is 6.25. The maximum Gasteiger partial charge on any atom is 0.253 e. The van der Waals surface area contributed by atoms with Gasteiger partial charge in [0.2, 0.25) is 20.0 Å². The number of sulfonamides is 2. The first-order valence-corrected chi connectivity index (χ1v) is 13.9. The van der Waals surface area contributed by atoms with Crippen LogP contribution in [0.4, 0.5) is 5.69 Å². The normalized spacial score (nSPS) is 12.4. The van der Waals surface area contributed by atoms with E-state index in [1.165, 1.54) is 25.2 Å². The van der Waals surface area contributed by atoms with Crippen molar-refractivity contribution in [2.24, 2.45) is 27.6 Å². The molecule has 0 aromatic heterocycles. The third-order valence-electron chi connectivity index (χ3n) is 4.85. The second-order valence-corrected chi connectivity index (χ2v) is 11.0. The van der Waals surface area contributed by atoms with Gasteiger partial charge in [0.1, 0.15) is 9.79 Å². The molecule has 0 fully saturated rings. The van der Waals surface area contributed by atoms with E-state index in [0.717, 1.165) is 6.07 Å². The van der Waals surface area contributed by atoms with Gasteiger partial charge in [-0.25, -0.2) is 32.1 Å². The summed E-state index contributed by atoms with van der Waals surface area (Å²) in [4.78, 5) is 11.1. The van der Waals surface area contributed by atoms with Gasteiger partial charge in [-0.05, 0) is 23.8 Å². The molecular weight excluding hydrogens is 548 g/mol. The Hall–Kier alpha value is -3.03. The fraction of sp³-hybridized carbons (Fsp3) is 0.263. The van der Waals surface area contributed by atoms with Crippen LogP contribution in [0, 0.1) is 0 Å². The molecule has 0 unspecified atom stereocenters. The Bertz CT molecular complexity index is 1410. The van der Waals surface area contributed by atoms with Gasteiger partial charge in [0.05, 0.1) is 11.3 Å². The molecule has 2 aromatic carbocycles. The van der Waals surface area contributed by atoms with E-state index < -0.39 is 35.7 Å². The highest BCUT2D eigenvalue weighted by Crippen LogP contribution is 2.38. The molecule has 204 valence electrons. The summed E-state index contributed by atoms with van der Waals surface area (Å²) in [5, 5.41) is 11.7. The van der Waals surface area contributed by atoms with Gasteiger partial charge in [0.25, 0.3) is 5.91 Å².